The lowest BCUT2D eigenvalue weighted by Crippen LogP contribution is -2.51. The zero-order valence-corrected chi connectivity index (χ0v) is 20.8. The molecule has 2 fully saturated rings. The van der Waals surface area contributed by atoms with Crippen LogP contribution in [0.15, 0.2) is 30.6 Å². The third kappa shape index (κ3) is 5.78. The van der Waals surface area contributed by atoms with Gasteiger partial charge >= 0.3 is 12.3 Å². The lowest BCUT2D eigenvalue weighted by atomic mass is 9.88. The van der Waals surface area contributed by atoms with E-state index in [0.717, 1.165) is 29.8 Å². The highest BCUT2D eigenvalue weighted by molar-refractivity contribution is 5.89. The number of carbonyl (C=O) groups excluding carboxylic acids is 2. The summed E-state index contributed by atoms with van der Waals surface area (Å²) < 4.78 is 59.8. The van der Waals surface area contributed by atoms with Gasteiger partial charge in [0.15, 0.2) is 5.78 Å². The van der Waals surface area contributed by atoms with Crippen LogP contribution >= 0.6 is 0 Å². The van der Waals surface area contributed by atoms with E-state index in [1.807, 2.05) is 0 Å². The minimum Gasteiger partial charge on any atom is -0.444 e. The van der Waals surface area contributed by atoms with Crippen LogP contribution < -0.4 is 0 Å². The first-order chi connectivity index (χ1) is 17.3. The number of rotatable bonds is 6. The van der Waals surface area contributed by atoms with Gasteiger partial charge < -0.3 is 4.74 Å². The number of ether oxygens (including phenoxy) is 1. The smallest absolute Gasteiger partial charge is 0.419 e. The molecular formula is C26H28F4N4O3. The fourth-order valence-corrected chi connectivity index (χ4v) is 5.23. The summed E-state index contributed by atoms with van der Waals surface area (Å²) in [6, 6.07) is 5.14. The maximum Gasteiger partial charge on any atom is 0.419 e. The van der Waals surface area contributed by atoms with Gasteiger partial charge in [-0.05, 0) is 70.1 Å². The molecule has 0 N–H and O–H groups in total. The number of ketones is 1. The Kier molecular flexibility index (Phi) is 7.06. The first-order valence-corrected chi connectivity index (χ1v) is 12.1. The van der Waals surface area contributed by atoms with E-state index >= 15 is 0 Å². The third-order valence-electron chi connectivity index (χ3n) is 6.83. The highest BCUT2D eigenvalue weighted by atomic mass is 19.4. The molecule has 7 nitrogen and oxygen atoms in total. The van der Waals surface area contributed by atoms with Gasteiger partial charge in [0, 0.05) is 18.7 Å². The van der Waals surface area contributed by atoms with Crippen molar-refractivity contribution in [2.75, 3.05) is 0 Å². The Morgan fingerprint density at radius 2 is 1.97 bits per heavy atom. The molecule has 4 rings (SSSR count). The molecule has 1 saturated heterocycles. The van der Waals surface area contributed by atoms with Gasteiger partial charge in [-0.3, -0.25) is 9.69 Å². The van der Waals surface area contributed by atoms with E-state index in [4.69, 9.17) is 4.74 Å². The zero-order chi connectivity index (χ0) is 27.1. The van der Waals surface area contributed by atoms with E-state index in [9.17, 15) is 32.4 Å². The molecule has 1 aliphatic heterocycles. The van der Waals surface area contributed by atoms with E-state index in [1.54, 1.807) is 20.8 Å². The molecule has 2 aromatic rings. The van der Waals surface area contributed by atoms with Crippen molar-refractivity contribution in [2.45, 2.75) is 76.7 Å². The van der Waals surface area contributed by atoms with Crippen molar-refractivity contribution in [3.8, 4) is 11.8 Å². The quantitative estimate of drug-likeness (QED) is 0.472. The number of nitriles is 1. The second-order valence-corrected chi connectivity index (χ2v) is 10.7. The number of piperidine rings is 1. The molecule has 0 spiro atoms. The Bertz CT molecular complexity index is 1230. The normalized spacial score (nSPS) is 22.1. The SMILES string of the molecule is CC(C)(C)OC(=O)N1[C@@H]2CC[C@@H](C2)[C@H]1C(=O)C[C@H](C#N)Cc1ccc(-n2cc(C(F)(F)F)cn2)cc1F. The molecule has 4 atom stereocenters. The third-order valence-corrected chi connectivity index (χ3v) is 6.83. The van der Waals surface area contributed by atoms with Crippen LogP contribution in [0.1, 0.15) is 57.6 Å². The Morgan fingerprint density at radius 3 is 2.57 bits per heavy atom. The first kappa shape index (κ1) is 26.6. The van der Waals surface area contributed by atoms with Gasteiger partial charge in [-0.1, -0.05) is 6.07 Å². The van der Waals surface area contributed by atoms with Crippen molar-refractivity contribution in [3.63, 3.8) is 0 Å². The van der Waals surface area contributed by atoms with Gasteiger partial charge in [-0.25, -0.2) is 13.9 Å². The van der Waals surface area contributed by atoms with Crippen LogP contribution in [0.5, 0.6) is 0 Å². The van der Waals surface area contributed by atoms with Crippen LogP contribution in [0, 0.1) is 29.0 Å². The molecule has 11 heteroatoms. The highest BCUT2D eigenvalue weighted by Gasteiger charge is 2.52. The predicted octanol–water partition coefficient (Wildman–Crippen LogP) is 5.46. The number of aromatic nitrogens is 2. The standard InChI is InChI=1S/C26H28F4N4O3/c1-25(2,3)37-24(36)34-20-7-5-17(10-20)23(34)22(35)9-15(12-31)8-16-4-6-19(11-21(16)27)33-14-18(13-32-33)26(28,29)30/h4,6,11,13-15,17,20,23H,5,7-10H2,1-3H3/t15-,17+,20-,23+/m1/s1. The number of benzene rings is 1. The second-order valence-electron chi connectivity index (χ2n) is 10.7. The fraction of sp³-hybridized carbons (Fsp3) is 0.538. The van der Waals surface area contributed by atoms with Gasteiger partial charge in [0.2, 0.25) is 0 Å². The van der Waals surface area contributed by atoms with Crippen LogP contribution in [-0.2, 0) is 22.1 Å². The summed E-state index contributed by atoms with van der Waals surface area (Å²) in [5.74, 6) is -1.80. The Balaban J connectivity index is 1.45. The molecule has 1 saturated carbocycles. The summed E-state index contributed by atoms with van der Waals surface area (Å²) in [7, 11) is 0. The number of Topliss-reactive ketones (excluding diaryl/α,β-unsaturated/α-hetero) is 1. The van der Waals surface area contributed by atoms with E-state index in [1.165, 1.54) is 17.0 Å². The molecular weight excluding hydrogens is 492 g/mol. The minimum absolute atomic E-state index is 0.0102. The van der Waals surface area contributed by atoms with E-state index in [-0.39, 0.29) is 41.8 Å². The van der Waals surface area contributed by atoms with Crippen molar-refractivity contribution >= 4 is 11.9 Å². The van der Waals surface area contributed by atoms with Crippen molar-refractivity contribution in [1.29, 1.82) is 5.26 Å². The maximum absolute atomic E-state index is 14.8. The van der Waals surface area contributed by atoms with Gasteiger partial charge in [-0.2, -0.15) is 23.5 Å². The minimum atomic E-state index is -4.57. The fourth-order valence-electron chi connectivity index (χ4n) is 5.23. The van der Waals surface area contributed by atoms with Crippen molar-refractivity contribution in [2.24, 2.45) is 11.8 Å². The average Bonchev–Trinajstić information content (AvgIpc) is 3.54. The predicted molar refractivity (Wildman–Crippen MR) is 124 cm³/mol. The molecule has 2 aliphatic rings. The Morgan fingerprint density at radius 1 is 1.24 bits per heavy atom. The van der Waals surface area contributed by atoms with Gasteiger partial charge in [0.1, 0.15) is 11.4 Å². The Hall–Kier alpha value is -3.42. The van der Waals surface area contributed by atoms with E-state index < -0.39 is 41.2 Å². The van der Waals surface area contributed by atoms with Gasteiger partial charge in [0.25, 0.3) is 0 Å². The van der Waals surface area contributed by atoms with Gasteiger partial charge in [-0.15, -0.1) is 0 Å². The average molecular weight is 521 g/mol. The number of halogens is 4. The lowest BCUT2D eigenvalue weighted by Gasteiger charge is -2.35. The number of nitrogens with zero attached hydrogens (tertiary/aromatic N) is 4. The zero-order valence-electron chi connectivity index (χ0n) is 20.8. The number of hydrogen-bond acceptors (Lipinski definition) is 5. The number of fused-ring (bicyclic) bond motifs is 2. The monoisotopic (exact) mass is 520 g/mol. The summed E-state index contributed by atoms with van der Waals surface area (Å²) in [4.78, 5) is 27.6. The van der Waals surface area contributed by atoms with Crippen LogP contribution in [0.25, 0.3) is 5.69 Å². The van der Waals surface area contributed by atoms with E-state index in [0.29, 0.717) is 12.6 Å². The van der Waals surface area contributed by atoms with Crippen LogP contribution in [0.3, 0.4) is 0 Å². The molecule has 1 aliphatic carbocycles. The molecule has 0 radical (unpaired) electrons. The summed E-state index contributed by atoms with van der Waals surface area (Å²) in [5.41, 5.74) is -1.42. The molecule has 2 heterocycles. The largest absolute Gasteiger partial charge is 0.444 e. The number of carbonyl (C=O) groups is 2. The summed E-state index contributed by atoms with van der Waals surface area (Å²) in [6.07, 6.45) is -1.58. The first-order valence-electron chi connectivity index (χ1n) is 12.1. The molecule has 1 amide bonds. The number of likely N-dealkylation sites (tertiary alicyclic amines) is 1. The maximum atomic E-state index is 14.8. The topological polar surface area (TPSA) is 88.2 Å². The summed E-state index contributed by atoms with van der Waals surface area (Å²) in [6.45, 7) is 5.26. The van der Waals surface area contributed by atoms with E-state index in [2.05, 4.69) is 11.2 Å². The number of hydrogen-bond donors (Lipinski definition) is 0. The molecule has 0 unspecified atom stereocenters. The van der Waals surface area contributed by atoms with Crippen LogP contribution in [0.4, 0.5) is 22.4 Å². The molecule has 198 valence electrons. The van der Waals surface area contributed by atoms with Crippen LogP contribution in [0.2, 0.25) is 0 Å². The second kappa shape index (κ2) is 9.80. The Labute approximate surface area is 212 Å². The summed E-state index contributed by atoms with van der Waals surface area (Å²) >= 11 is 0. The molecule has 37 heavy (non-hydrogen) atoms. The van der Waals surface area contributed by atoms with Crippen molar-refractivity contribution in [3.05, 3.63) is 47.5 Å². The van der Waals surface area contributed by atoms with Crippen molar-refractivity contribution < 1.29 is 31.9 Å². The molecule has 2 bridgehead atoms. The van der Waals surface area contributed by atoms with Crippen molar-refractivity contribution in [1.82, 2.24) is 14.7 Å². The number of alkyl halides is 3. The number of amides is 1. The highest BCUT2D eigenvalue weighted by Crippen LogP contribution is 2.44. The molecule has 1 aromatic heterocycles. The lowest BCUT2D eigenvalue weighted by molar-refractivity contribution is -0.137. The molecule has 1 aromatic carbocycles. The van der Waals surface area contributed by atoms with Crippen LogP contribution in [-0.4, -0.2) is 44.2 Å². The summed E-state index contributed by atoms with van der Waals surface area (Å²) in [5, 5.41) is 13.3. The van der Waals surface area contributed by atoms with Gasteiger partial charge in [0.05, 0.1) is 35.5 Å².